The molecule has 1 amide bonds. The minimum absolute atomic E-state index is 0.0816. The summed E-state index contributed by atoms with van der Waals surface area (Å²) < 4.78 is 20.7. The number of ether oxygens (including phenoxy) is 1. The molecule has 1 aromatic carbocycles. The largest absolute Gasteiger partial charge is 0.492 e. The molecule has 5 aromatic heterocycles. The Morgan fingerprint density at radius 2 is 1.80 bits per heavy atom. The summed E-state index contributed by atoms with van der Waals surface area (Å²) in [5.74, 6) is 0.0506. The number of carbonyl (C=O) groups is 1. The number of hydrogen-bond donors (Lipinski definition) is 3. The van der Waals surface area contributed by atoms with Gasteiger partial charge in [0.1, 0.15) is 23.9 Å². The van der Waals surface area contributed by atoms with Crippen molar-refractivity contribution in [1.82, 2.24) is 35.0 Å². The minimum atomic E-state index is -0.365. The zero-order valence-corrected chi connectivity index (χ0v) is 24.2. The molecule has 0 atom stereocenters. The maximum atomic E-state index is 14.8. The van der Waals surface area contributed by atoms with Crippen LogP contribution < -0.4 is 10.1 Å². The van der Waals surface area contributed by atoms with E-state index in [0.717, 1.165) is 58.3 Å². The predicted octanol–water partition coefficient (Wildman–Crippen LogP) is 6.19. The van der Waals surface area contributed by atoms with Gasteiger partial charge in [0.15, 0.2) is 5.65 Å². The number of aromatic amines is 2. The standard InChI is InChI=1S/C33H31FN8O2/c1-2-31(43)38-24-10-21(15-35-17-24)22-12-27-32(40-41-33(27)37-16-22)29-14-26-28(18-36-19-30(26)39-29)20-9-23(34)13-25(11-20)44-8-7-42-5-3-4-6-42/h9-19,39H,2-8H2,1H3,(H,38,43)(H,37,40,41). The third kappa shape index (κ3) is 5.61. The molecule has 3 N–H and O–H groups in total. The van der Waals surface area contributed by atoms with Crippen LogP contribution in [0.3, 0.4) is 0 Å². The molecule has 6 aromatic rings. The summed E-state index contributed by atoms with van der Waals surface area (Å²) in [6.45, 7) is 5.32. The van der Waals surface area contributed by atoms with Crippen LogP contribution >= 0.6 is 0 Å². The lowest BCUT2D eigenvalue weighted by Gasteiger charge is -2.15. The number of H-pyrrole nitrogens is 2. The van der Waals surface area contributed by atoms with Crippen LogP contribution in [-0.4, -0.2) is 67.2 Å². The number of amides is 1. The Labute approximate surface area is 252 Å². The normalized spacial score (nSPS) is 13.6. The van der Waals surface area contributed by atoms with E-state index in [4.69, 9.17) is 4.74 Å². The third-order valence-corrected chi connectivity index (χ3v) is 7.95. The van der Waals surface area contributed by atoms with Gasteiger partial charge in [-0.3, -0.25) is 24.8 Å². The van der Waals surface area contributed by atoms with Crippen molar-refractivity contribution in [1.29, 1.82) is 0 Å². The quantitative estimate of drug-likeness (QED) is 0.183. The lowest BCUT2D eigenvalue weighted by Crippen LogP contribution is -2.25. The van der Waals surface area contributed by atoms with Crippen molar-refractivity contribution in [2.45, 2.75) is 26.2 Å². The van der Waals surface area contributed by atoms with Crippen molar-refractivity contribution >= 4 is 33.5 Å². The van der Waals surface area contributed by atoms with E-state index in [-0.39, 0.29) is 11.7 Å². The lowest BCUT2D eigenvalue weighted by molar-refractivity contribution is -0.115. The Balaban J connectivity index is 1.20. The Kier molecular flexibility index (Phi) is 7.45. The van der Waals surface area contributed by atoms with Crippen molar-refractivity contribution in [3.8, 4) is 39.4 Å². The first-order chi connectivity index (χ1) is 21.5. The summed E-state index contributed by atoms with van der Waals surface area (Å²) >= 11 is 0. The molecule has 7 rings (SSSR count). The van der Waals surface area contributed by atoms with E-state index in [0.29, 0.717) is 41.4 Å². The van der Waals surface area contributed by atoms with Gasteiger partial charge in [0.25, 0.3) is 0 Å². The van der Waals surface area contributed by atoms with Gasteiger partial charge in [-0.25, -0.2) is 9.37 Å². The second-order valence-electron chi connectivity index (χ2n) is 11.0. The Bertz CT molecular complexity index is 1980. The van der Waals surface area contributed by atoms with Gasteiger partial charge in [0, 0.05) is 65.1 Å². The van der Waals surface area contributed by atoms with Gasteiger partial charge in [0.2, 0.25) is 5.91 Å². The Hall–Kier alpha value is -5.16. The third-order valence-electron chi connectivity index (χ3n) is 7.95. The van der Waals surface area contributed by atoms with Crippen LogP contribution in [0.15, 0.2) is 67.4 Å². The molecule has 0 saturated carbocycles. The second-order valence-corrected chi connectivity index (χ2v) is 11.0. The molecule has 44 heavy (non-hydrogen) atoms. The highest BCUT2D eigenvalue weighted by Gasteiger charge is 2.17. The van der Waals surface area contributed by atoms with Crippen molar-refractivity contribution in [2.24, 2.45) is 0 Å². The first-order valence-corrected chi connectivity index (χ1v) is 14.8. The fourth-order valence-corrected chi connectivity index (χ4v) is 5.69. The van der Waals surface area contributed by atoms with Crippen LogP contribution in [0.5, 0.6) is 5.75 Å². The summed E-state index contributed by atoms with van der Waals surface area (Å²) in [6.07, 6.45) is 11.4. The summed E-state index contributed by atoms with van der Waals surface area (Å²) in [5.41, 5.74) is 6.60. The zero-order chi connectivity index (χ0) is 30.0. The van der Waals surface area contributed by atoms with E-state index >= 15 is 0 Å². The molecule has 1 aliphatic rings. The highest BCUT2D eigenvalue weighted by atomic mass is 19.1. The van der Waals surface area contributed by atoms with Crippen molar-refractivity contribution in [3.05, 3.63) is 73.2 Å². The fraction of sp³-hybridized carbons (Fsp3) is 0.242. The van der Waals surface area contributed by atoms with E-state index in [1.54, 1.807) is 37.9 Å². The molecule has 0 bridgehead atoms. The number of carbonyl (C=O) groups excluding carboxylic acids is 1. The SMILES string of the molecule is CCC(=O)Nc1cncc(-c2cnc3[nH]nc(-c4cc5c(-c6cc(F)cc(OCCN7CCCC7)c6)cncc5[nH]4)c3c2)c1. The maximum absolute atomic E-state index is 14.8. The first-order valence-electron chi connectivity index (χ1n) is 14.8. The van der Waals surface area contributed by atoms with E-state index in [2.05, 4.69) is 40.3 Å². The summed E-state index contributed by atoms with van der Waals surface area (Å²) in [5, 5.41) is 12.1. The number of nitrogens with zero attached hydrogens (tertiary/aromatic N) is 5. The molecule has 0 aliphatic carbocycles. The van der Waals surface area contributed by atoms with Gasteiger partial charge >= 0.3 is 0 Å². The van der Waals surface area contributed by atoms with Crippen molar-refractivity contribution in [2.75, 3.05) is 31.6 Å². The molecular weight excluding hydrogens is 559 g/mol. The van der Waals surface area contributed by atoms with Gasteiger partial charge < -0.3 is 15.0 Å². The molecular formula is C33H31FN8O2. The van der Waals surface area contributed by atoms with Gasteiger partial charge in [-0.2, -0.15) is 5.10 Å². The summed E-state index contributed by atoms with van der Waals surface area (Å²) in [4.78, 5) is 31.0. The smallest absolute Gasteiger partial charge is 0.224 e. The number of pyridine rings is 3. The zero-order valence-electron chi connectivity index (χ0n) is 24.2. The van der Waals surface area contributed by atoms with Crippen LogP contribution in [0, 0.1) is 5.82 Å². The van der Waals surface area contributed by atoms with Crippen LogP contribution in [0.25, 0.3) is 55.6 Å². The number of aromatic nitrogens is 6. The monoisotopic (exact) mass is 590 g/mol. The molecule has 0 spiro atoms. The number of benzene rings is 1. The topological polar surface area (TPSA) is 125 Å². The van der Waals surface area contributed by atoms with Crippen molar-refractivity contribution < 1.29 is 13.9 Å². The molecule has 0 unspecified atom stereocenters. The average Bonchev–Trinajstić information content (AvgIpc) is 3.80. The highest BCUT2D eigenvalue weighted by molar-refractivity contribution is 6.01. The summed E-state index contributed by atoms with van der Waals surface area (Å²) in [6, 6.07) is 10.6. The average molecular weight is 591 g/mol. The van der Waals surface area contributed by atoms with Crippen molar-refractivity contribution in [3.63, 3.8) is 0 Å². The molecule has 0 radical (unpaired) electrons. The van der Waals surface area contributed by atoms with Gasteiger partial charge in [-0.05, 0) is 61.8 Å². The van der Waals surface area contributed by atoms with E-state index in [1.165, 1.54) is 25.0 Å². The number of halogens is 1. The van der Waals surface area contributed by atoms with Gasteiger partial charge in [-0.15, -0.1) is 0 Å². The van der Waals surface area contributed by atoms with Crippen LogP contribution in [-0.2, 0) is 4.79 Å². The maximum Gasteiger partial charge on any atom is 0.224 e. The number of anilines is 1. The number of likely N-dealkylation sites (tertiary alicyclic amines) is 1. The number of fused-ring (bicyclic) bond motifs is 2. The molecule has 11 heteroatoms. The number of hydrogen-bond acceptors (Lipinski definition) is 7. The molecule has 1 saturated heterocycles. The number of rotatable bonds is 9. The fourth-order valence-electron chi connectivity index (χ4n) is 5.69. The second kappa shape index (κ2) is 11.8. The first kappa shape index (κ1) is 27.7. The molecule has 10 nitrogen and oxygen atoms in total. The van der Waals surface area contributed by atoms with E-state index in [1.807, 2.05) is 24.3 Å². The predicted molar refractivity (Wildman–Crippen MR) is 168 cm³/mol. The molecule has 1 aliphatic heterocycles. The Morgan fingerprint density at radius 3 is 2.66 bits per heavy atom. The van der Waals surface area contributed by atoms with E-state index < -0.39 is 0 Å². The highest BCUT2D eigenvalue weighted by Crippen LogP contribution is 2.35. The molecule has 1 fully saturated rings. The number of nitrogens with one attached hydrogen (secondary N) is 3. The molecule has 6 heterocycles. The van der Waals surface area contributed by atoms with E-state index in [9.17, 15) is 9.18 Å². The minimum Gasteiger partial charge on any atom is -0.492 e. The van der Waals surface area contributed by atoms with Crippen LogP contribution in [0.1, 0.15) is 26.2 Å². The van der Waals surface area contributed by atoms with Gasteiger partial charge in [-0.1, -0.05) is 6.92 Å². The summed E-state index contributed by atoms with van der Waals surface area (Å²) in [7, 11) is 0. The van der Waals surface area contributed by atoms with Crippen LogP contribution in [0.2, 0.25) is 0 Å². The van der Waals surface area contributed by atoms with Crippen LogP contribution in [0.4, 0.5) is 10.1 Å². The Morgan fingerprint density at radius 1 is 0.955 bits per heavy atom. The molecule has 222 valence electrons. The lowest BCUT2D eigenvalue weighted by atomic mass is 10.0. The van der Waals surface area contributed by atoms with Gasteiger partial charge in [0.05, 0.1) is 29.3 Å².